The van der Waals surface area contributed by atoms with Gasteiger partial charge in [-0.1, -0.05) is 13.8 Å². The van der Waals surface area contributed by atoms with E-state index in [0.717, 1.165) is 29.2 Å². The molecule has 0 atom stereocenters. The van der Waals surface area contributed by atoms with Crippen LogP contribution in [-0.4, -0.2) is 22.3 Å². The average molecular weight is 225 g/mol. The molecule has 3 nitrogen and oxygen atoms in total. The van der Waals surface area contributed by atoms with E-state index in [1.165, 1.54) is 6.42 Å². The maximum absolute atomic E-state index is 4.40. The predicted molar refractivity (Wildman–Crippen MR) is 66.4 cm³/mol. The van der Waals surface area contributed by atoms with E-state index in [9.17, 15) is 0 Å². The number of thioether (sulfide) groups is 1. The van der Waals surface area contributed by atoms with E-state index >= 15 is 0 Å². The van der Waals surface area contributed by atoms with Gasteiger partial charge in [0.15, 0.2) is 0 Å². The minimum absolute atomic E-state index is 0.729. The van der Waals surface area contributed by atoms with Gasteiger partial charge in [-0.05, 0) is 31.1 Å². The molecule has 1 heterocycles. The quantitative estimate of drug-likeness (QED) is 0.596. The largest absolute Gasteiger partial charge is 0.354 e. The van der Waals surface area contributed by atoms with Crippen LogP contribution in [0.4, 0.5) is 5.95 Å². The van der Waals surface area contributed by atoms with Crippen LogP contribution >= 0.6 is 11.8 Å². The lowest BCUT2D eigenvalue weighted by Crippen LogP contribution is -2.02. The number of aromatic nitrogens is 2. The monoisotopic (exact) mass is 225 g/mol. The highest BCUT2D eigenvalue weighted by atomic mass is 32.2. The van der Waals surface area contributed by atoms with Gasteiger partial charge in [-0.25, -0.2) is 9.97 Å². The maximum atomic E-state index is 4.40. The van der Waals surface area contributed by atoms with E-state index < -0.39 is 0 Å². The van der Waals surface area contributed by atoms with Crippen LogP contribution in [0, 0.1) is 5.92 Å². The molecule has 0 spiro atoms. The zero-order valence-electron chi connectivity index (χ0n) is 9.66. The number of hydrogen-bond acceptors (Lipinski definition) is 4. The Hall–Kier alpha value is -0.770. The van der Waals surface area contributed by atoms with Crippen LogP contribution in [0.25, 0.3) is 0 Å². The molecule has 0 aliphatic carbocycles. The van der Waals surface area contributed by atoms with Crippen molar-refractivity contribution in [2.45, 2.75) is 32.2 Å². The smallest absolute Gasteiger partial charge is 0.223 e. The summed E-state index contributed by atoms with van der Waals surface area (Å²) in [5.41, 5.74) is 0. The molecule has 0 bridgehead atoms. The number of anilines is 1. The highest BCUT2D eigenvalue weighted by Gasteiger charge is 2.00. The molecule has 0 fully saturated rings. The zero-order valence-corrected chi connectivity index (χ0v) is 10.5. The molecule has 1 rings (SSSR count). The lowest BCUT2D eigenvalue weighted by molar-refractivity contribution is 0.632. The van der Waals surface area contributed by atoms with E-state index in [1.54, 1.807) is 11.8 Å². The van der Waals surface area contributed by atoms with Gasteiger partial charge in [0, 0.05) is 12.7 Å². The lowest BCUT2D eigenvalue weighted by Gasteiger charge is -2.05. The van der Waals surface area contributed by atoms with Crippen molar-refractivity contribution < 1.29 is 0 Å². The van der Waals surface area contributed by atoms with E-state index in [2.05, 4.69) is 29.1 Å². The summed E-state index contributed by atoms with van der Waals surface area (Å²) in [5, 5.41) is 4.17. The Bertz CT molecular complexity index is 289. The third-order valence-electron chi connectivity index (χ3n) is 1.91. The van der Waals surface area contributed by atoms with Crippen molar-refractivity contribution in [3.8, 4) is 0 Å². The fourth-order valence-electron chi connectivity index (χ4n) is 1.07. The second-order valence-corrected chi connectivity index (χ2v) is 4.89. The maximum Gasteiger partial charge on any atom is 0.223 e. The minimum atomic E-state index is 0.729. The first-order valence-corrected chi connectivity index (χ1v) is 6.40. The zero-order chi connectivity index (χ0) is 11.1. The molecule has 0 saturated heterocycles. The normalized spacial score (nSPS) is 10.7. The molecule has 84 valence electrons. The first kappa shape index (κ1) is 12.3. The first-order valence-electron chi connectivity index (χ1n) is 5.42. The molecule has 15 heavy (non-hydrogen) atoms. The van der Waals surface area contributed by atoms with Crippen LogP contribution in [0.2, 0.25) is 0 Å². The van der Waals surface area contributed by atoms with Gasteiger partial charge in [0.25, 0.3) is 0 Å². The highest BCUT2D eigenvalue weighted by molar-refractivity contribution is 7.99. The topological polar surface area (TPSA) is 37.8 Å². The molecule has 0 radical (unpaired) electrons. The number of nitrogens with zero attached hydrogens (tertiary/aromatic N) is 2. The molecular formula is C11H19N3S. The van der Waals surface area contributed by atoms with Crippen LogP contribution in [0.5, 0.6) is 0 Å². The molecule has 1 aromatic heterocycles. The Morgan fingerprint density at radius 3 is 2.93 bits per heavy atom. The fourth-order valence-corrected chi connectivity index (χ4v) is 2.17. The molecule has 4 heteroatoms. The molecule has 1 N–H and O–H groups in total. The summed E-state index contributed by atoms with van der Waals surface area (Å²) in [6.45, 7) is 7.39. The molecule has 0 aliphatic rings. The summed E-state index contributed by atoms with van der Waals surface area (Å²) in [5.74, 6) is 2.61. The van der Waals surface area contributed by atoms with Crippen molar-refractivity contribution in [2.24, 2.45) is 5.92 Å². The second kappa shape index (κ2) is 6.67. The van der Waals surface area contributed by atoms with Gasteiger partial charge in [0.1, 0.15) is 5.03 Å². The first-order chi connectivity index (χ1) is 7.22. The van der Waals surface area contributed by atoms with Crippen LogP contribution < -0.4 is 5.32 Å². The van der Waals surface area contributed by atoms with Crippen molar-refractivity contribution in [3.63, 3.8) is 0 Å². The number of nitrogens with one attached hydrogen (secondary N) is 1. The Labute approximate surface area is 96.1 Å². The van der Waals surface area contributed by atoms with Gasteiger partial charge >= 0.3 is 0 Å². The molecule has 0 aliphatic heterocycles. The molecular weight excluding hydrogens is 206 g/mol. The van der Waals surface area contributed by atoms with E-state index in [0.29, 0.717) is 0 Å². The summed E-state index contributed by atoms with van der Waals surface area (Å²) in [6.07, 6.45) is 3.04. The van der Waals surface area contributed by atoms with E-state index in [1.807, 2.05) is 19.2 Å². The third-order valence-corrected chi connectivity index (χ3v) is 2.87. The standard InChI is InChI=1S/C11H19N3S/c1-4-12-11-13-7-5-10(14-11)15-8-6-9(2)3/h5,7,9H,4,6,8H2,1-3H3,(H,12,13,14). The van der Waals surface area contributed by atoms with Gasteiger partial charge < -0.3 is 5.32 Å². The minimum Gasteiger partial charge on any atom is -0.354 e. The van der Waals surface area contributed by atoms with Crippen molar-refractivity contribution in [1.82, 2.24) is 9.97 Å². The predicted octanol–water partition coefficient (Wildman–Crippen LogP) is 3.05. The second-order valence-electron chi connectivity index (χ2n) is 3.78. The highest BCUT2D eigenvalue weighted by Crippen LogP contribution is 2.18. The molecule has 0 unspecified atom stereocenters. The van der Waals surface area contributed by atoms with Crippen molar-refractivity contribution in [1.29, 1.82) is 0 Å². The molecule has 0 aromatic carbocycles. The average Bonchev–Trinajstić information content (AvgIpc) is 2.18. The van der Waals surface area contributed by atoms with Gasteiger partial charge in [-0.3, -0.25) is 0 Å². The summed E-state index contributed by atoms with van der Waals surface area (Å²) in [6, 6.07) is 1.96. The van der Waals surface area contributed by atoms with Crippen LogP contribution in [0.3, 0.4) is 0 Å². The Balaban J connectivity index is 2.43. The summed E-state index contributed by atoms with van der Waals surface area (Å²) in [4.78, 5) is 8.54. The molecule has 0 saturated carbocycles. The van der Waals surface area contributed by atoms with Gasteiger partial charge in [0.2, 0.25) is 5.95 Å². The van der Waals surface area contributed by atoms with Crippen molar-refractivity contribution in [2.75, 3.05) is 17.6 Å². The van der Waals surface area contributed by atoms with E-state index in [4.69, 9.17) is 0 Å². The Morgan fingerprint density at radius 2 is 2.27 bits per heavy atom. The Kier molecular flexibility index (Phi) is 5.47. The van der Waals surface area contributed by atoms with Crippen molar-refractivity contribution >= 4 is 17.7 Å². The van der Waals surface area contributed by atoms with Crippen LogP contribution in [0.1, 0.15) is 27.2 Å². The molecule has 1 aromatic rings. The van der Waals surface area contributed by atoms with Crippen molar-refractivity contribution in [3.05, 3.63) is 12.3 Å². The van der Waals surface area contributed by atoms with Gasteiger partial charge in [-0.15, -0.1) is 11.8 Å². The SMILES string of the molecule is CCNc1nccc(SCCC(C)C)n1. The van der Waals surface area contributed by atoms with Gasteiger partial charge in [-0.2, -0.15) is 0 Å². The van der Waals surface area contributed by atoms with E-state index in [-0.39, 0.29) is 0 Å². The van der Waals surface area contributed by atoms with Gasteiger partial charge in [0.05, 0.1) is 0 Å². The molecule has 0 amide bonds. The summed E-state index contributed by atoms with van der Waals surface area (Å²) in [7, 11) is 0. The number of hydrogen-bond donors (Lipinski definition) is 1. The Morgan fingerprint density at radius 1 is 1.47 bits per heavy atom. The summed E-state index contributed by atoms with van der Waals surface area (Å²) >= 11 is 1.80. The fraction of sp³-hybridized carbons (Fsp3) is 0.636. The van der Waals surface area contributed by atoms with Crippen LogP contribution in [-0.2, 0) is 0 Å². The third kappa shape index (κ3) is 5.02. The number of rotatable bonds is 6. The summed E-state index contributed by atoms with van der Waals surface area (Å²) < 4.78 is 0. The van der Waals surface area contributed by atoms with Crippen LogP contribution in [0.15, 0.2) is 17.3 Å². The lowest BCUT2D eigenvalue weighted by atomic mass is 10.2.